The van der Waals surface area contributed by atoms with Gasteiger partial charge >= 0.3 is 5.97 Å². The summed E-state index contributed by atoms with van der Waals surface area (Å²) in [4.78, 5) is 11.6. The minimum absolute atomic E-state index is 0.0750. The third kappa shape index (κ3) is 3.43. The van der Waals surface area contributed by atoms with Gasteiger partial charge in [-0.1, -0.05) is 49.4 Å². The topological polar surface area (TPSA) is 77.8 Å². The Balaban J connectivity index is 2.62. The molecule has 3 N–H and O–H groups in total. The average Bonchev–Trinajstić information content (AvgIpc) is 2.55. The summed E-state index contributed by atoms with van der Waals surface area (Å²) in [5.74, 6) is -1.45. The molecule has 1 unspecified atom stereocenters. The average molecular weight is 326 g/mol. The smallest absolute Gasteiger partial charge is 0.306 e. The molecule has 0 aliphatic carbocycles. The van der Waals surface area contributed by atoms with Crippen molar-refractivity contribution < 1.29 is 20.1 Å². The van der Waals surface area contributed by atoms with Crippen LogP contribution in [0.3, 0.4) is 0 Å². The van der Waals surface area contributed by atoms with Crippen molar-refractivity contribution in [1.82, 2.24) is 0 Å². The number of allylic oxidation sites excluding steroid dienone is 1. The van der Waals surface area contributed by atoms with Crippen molar-refractivity contribution in [3.8, 4) is 11.5 Å². The van der Waals surface area contributed by atoms with E-state index in [4.69, 9.17) is 0 Å². The van der Waals surface area contributed by atoms with Gasteiger partial charge in [0, 0.05) is 16.5 Å². The number of carbonyl (C=O) groups is 1. The molecule has 0 aliphatic heterocycles. The first-order valence-electron chi connectivity index (χ1n) is 7.80. The van der Waals surface area contributed by atoms with Crippen molar-refractivity contribution in [2.75, 3.05) is 0 Å². The van der Waals surface area contributed by atoms with Crippen LogP contribution in [0, 0.1) is 5.92 Å². The zero-order valence-electron chi connectivity index (χ0n) is 13.6. The number of phenols is 2. The van der Waals surface area contributed by atoms with Gasteiger partial charge in [-0.25, -0.2) is 0 Å². The summed E-state index contributed by atoms with van der Waals surface area (Å²) >= 11 is 0. The summed E-state index contributed by atoms with van der Waals surface area (Å²) in [5.41, 5.74) is 0.312. The summed E-state index contributed by atoms with van der Waals surface area (Å²) < 4.78 is 0. The molecular weight excluding hydrogens is 304 g/mol. The number of phenolic OH excluding ortho intramolecular Hbond substituents is 2. The van der Waals surface area contributed by atoms with Crippen molar-refractivity contribution in [3.05, 3.63) is 72.3 Å². The molecule has 2 aromatic carbocycles. The first-order valence-corrected chi connectivity index (χ1v) is 7.80. The van der Waals surface area contributed by atoms with Gasteiger partial charge in [-0.3, -0.25) is 4.79 Å². The number of aromatic hydroxyl groups is 2. The van der Waals surface area contributed by atoms with E-state index >= 15 is 0 Å². The number of carboxylic acids is 1. The van der Waals surface area contributed by atoms with E-state index < -0.39 is 17.3 Å². The Morgan fingerprint density at radius 3 is 1.92 bits per heavy atom. The van der Waals surface area contributed by atoms with Gasteiger partial charge in [0.1, 0.15) is 11.5 Å². The number of aliphatic carboxylic acids is 1. The standard InChI is InChI=1S/C20H22O4/c1-3-8-14(19(23)24)13-20(2,15-9-4-6-11-17(15)21)16-10-5-7-12-18(16)22/h3-7,9-12,14,21-22H,1,8,13H2,2H3,(H,23,24). The molecule has 2 aromatic rings. The van der Waals surface area contributed by atoms with Crippen LogP contribution in [-0.4, -0.2) is 21.3 Å². The molecule has 0 heterocycles. The summed E-state index contributed by atoms with van der Waals surface area (Å²) in [6.45, 7) is 5.47. The van der Waals surface area contributed by atoms with Gasteiger partial charge in [-0.05, 0) is 25.0 Å². The van der Waals surface area contributed by atoms with Crippen LogP contribution in [0.4, 0.5) is 0 Å². The fourth-order valence-corrected chi connectivity index (χ4v) is 3.21. The zero-order valence-corrected chi connectivity index (χ0v) is 13.6. The first kappa shape index (κ1) is 17.6. The second-order valence-electron chi connectivity index (χ2n) is 6.13. The fraction of sp³-hybridized carbons (Fsp3) is 0.250. The Hall–Kier alpha value is -2.75. The minimum atomic E-state index is -0.924. The highest BCUT2D eigenvalue weighted by molar-refractivity contribution is 5.71. The minimum Gasteiger partial charge on any atom is -0.508 e. The lowest BCUT2D eigenvalue weighted by Crippen LogP contribution is -2.30. The molecule has 0 radical (unpaired) electrons. The zero-order chi connectivity index (χ0) is 17.7. The van der Waals surface area contributed by atoms with Crippen LogP contribution in [0.1, 0.15) is 30.9 Å². The highest BCUT2D eigenvalue weighted by Gasteiger charge is 2.37. The van der Waals surface area contributed by atoms with Gasteiger partial charge in [-0.2, -0.15) is 0 Å². The van der Waals surface area contributed by atoms with E-state index in [1.54, 1.807) is 54.6 Å². The van der Waals surface area contributed by atoms with Gasteiger partial charge < -0.3 is 15.3 Å². The van der Waals surface area contributed by atoms with Gasteiger partial charge in [0.2, 0.25) is 0 Å². The summed E-state index contributed by atoms with van der Waals surface area (Å²) in [6.07, 6.45) is 2.12. The van der Waals surface area contributed by atoms with E-state index in [2.05, 4.69) is 6.58 Å². The molecule has 1 atom stereocenters. The van der Waals surface area contributed by atoms with Crippen LogP contribution < -0.4 is 0 Å². The molecule has 0 saturated heterocycles. The van der Waals surface area contributed by atoms with Crippen LogP contribution in [-0.2, 0) is 10.2 Å². The summed E-state index contributed by atoms with van der Waals surface area (Å²) in [5, 5.41) is 30.2. The molecule has 0 amide bonds. The van der Waals surface area contributed by atoms with Crippen LogP contribution in [0.25, 0.3) is 0 Å². The largest absolute Gasteiger partial charge is 0.508 e. The Morgan fingerprint density at radius 1 is 1.08 bits per heavy atom. The second-order valence-corrected chi connectivity index (χ2v) is 6.13. The molecule has 0 saturated carbocycles. The van der Waals surface area contributed by atoms with Crippen LogP contribution in [0.2, 0.25) is 0 Å². The molecule has 0 fully saturated rings. The highest BCUT2D eigenvalue weighted by Crippen LogP contribution is 2.45. The molecule has 0 aliphatic rings. The van der Waals surface area contributed by atoms with Crippen LogP contribution in [0.5, 0.6) is 11.5 Å². The molecule has 4 heteroatoms. The molecule has 0 aromatic heterocycles. The predicted octanol–water partition coefficient (Wildman–Crippen LogP) is 4.07. The Bertz CT molecular complexity index is 690. The van der Waals surface area contributed by atoms with Gasteiger partial charge in [-0.15, -0.1) is 6.58 Å². The lowest BCUT2D eigenvalue weighted by molar-refractivity contribution is -0.142. The van der Waals surface area contributed by atoms with Crippen LogP contribution >= 0.6 is 0 Å². The number of hydrogen-bond acceptors (Lipinski definition) is 3. The number of carboxylic acid groups (broad SMARTS) is 1. The molecule has 0 bridgehead atoms. The van der Waals surface area contributed by atoms with Crippen molar-refractivity contribution in [3.63, 3.8) is 0 Å². The number of rotatable bonds is 7. The maximum absolute atomic E-state index is 11.6. The number of benzene rings is 2. The number of hydrogen-bond donors (Lipinski definition) is 3. The molecule has 2 rings (SSSR count). The summed E-state index contributed by atoms with van der Waals surface area (Å²) in [7, 11) is 0. The van der Waals surface area contributed by atoms with Crippen molar-refractivity contribution in [2.45, 2.75) is 25.2 Å². The van der Waals surface area contributed by atoms with Gasteiger partial charge in [0.15, 0.2) is 0 Å². The third-order valence-electron chi connectivity index (χ3n) is 4.45. The predicted molar refractivity (Wildman–Crippen MR) is 93.2 cm³/mol. The van der Waals surface area contributed by atoms with E-state index in [1.807, 2.05) is 6.92 Å². The quantitative estimate of drug-likeness (QED) is 0.670. The Morgan fingerprint density at radius 2 is 1.54 bits per heavy atom. The van der Waals surface area contributed by atoms with Crippen molar-refractivity contribution in [1.29, 1.82) is 0 Å². The van der Waals surface area contributed by atoms with Crippen molar-refractivity contribution >= 4 is 5.97 Å². The lowest BCUT2D eigenvalue weighted by atomic mass is 9.69. The second kappa shape index (κ2) is 7.21. The number of para-hydroxylation sites is 2. The Kier molecular flexibility index (Phi) is 5.29. The highest BCUT2D eigenvalue weighted by atomic mass is 16.4. The van der Waals surface area contributed by atoms with E-state index in [-0.39, 0.29) is 17.9 Å². The summed E-state index contributed by atoms with van der Waals surface area (Å²) in [6, 6.07) is 13.6. The van der Waals surface area contributed by atoms with Crippen molar-refractivity contribution in [2.24, 2.45) is 5.92 Å². The third-order valence-corrected chi connectivity index (χ3v) is 4.45. The molecule has 4 nitrogen and oxygen atoms in total. The molecule has 24 heavy (non-hydrogen) atoms. The van der Waals surface area contributed by atoms with E-state index in [0.29, 0.717) is 17.5 Å². The fourth-order valence-electron chi connectivity index (χ4n) is 3.21. The lowest BCUT2D eigenvalue weighted by Gasteiger charge is -2.34. The van der Waals surface area contributed by atoms with Gasteiger partial charge in [0.25, 0.3) is 0 Å². The maximum atomic E-state index is 11.6. The molecular formula is C20H22O4. The Labute approximate surface area is 141 Å². The van der Waals surface area contributed by atoms with E-state index in [9.17, 15) is 20.1 Å². The van der Waals surface area contributed by atoms with E-state index in [1.165, 1.54) is 0 Å². The molecule has 0 spiro atoms. The monoisotopic (exact) mass is 326 g/mol. The van der Waals surface area contributed by atoms with E-state index in [0.717, 1.165) is 0 Å². The maximum Gasteiger partial charge on any atom is 0.306 e. The normalized spacial score (nSPS) is 12.5. The van der Waals surface area contributed by atoms with Gasteiger partial charge in [0.05, 0.1) is 5.92 Å². The first-order chi connectivity index (χ1) is 11.4. The molecule has 126 valence electrons. The van der Waals surface area contributed by atoms with Crippen LogP contribution in [0.15, 0.2) is 61.2 Å². The SMILES string of the molecule is C=CCC(CC(C)(c1ccccc1O)c1ccccc1O)C(=O)O.